The van der Waals surface area contributed by atoms with Crippen LogP contribution in [0, 0.1) is 6.92 Å². The first-order valence-corrected chi connectivity index (χ1v) is 18.1. The Morgan fingerprint density at radius 2 is 1.37 bits per heavy atom. The van der Waals surface area contributed by atoms with Crippen molar-refractivity contribution in [3.05, 3.63) is 173 Å². The van der Waals surface area contributed by atoms with Crippen LogP contribution in [-0.4, -0.2) is 52.0 Å². The summed E-state index contributed by atoms with van der Waals surface area (Å²) >= 11 is 0. The van der Waals surface area contributed by atoms with Crippen LogP contribution in [-0.2, 0) is 18.6 Å². The van der Waals surface area contributed by atoms with E-state index in [1.54, 1.807) is 12.1 Å². The van der Waals surface area contributed by atoms with Crippen LogP contribution in [0.15, 0.2) is 140 Å². The third-order valence-electron chi connectivity index (χ3n) is 10.0. The molecule has 0 unspecified atom stereocenters. The Hall–Kier alpha value is -6.81. The highest BCUT2D eigenvalue weighted by atomic mass is 16.5. The first-order valence-electron chi connectivity index (χ1n) is 18.1. The van der Waals surface area contributed by atoms with Crippen molar-refractivity contribution >= 4 is 17.0 Å². The average molecular weight is 714 g/mol. The molecular weight excluding hydrogens is 675 g/mol. The smallest absolute Gasteiger partial charge is 0.337 e. The number of carboxylic acid groups (broad SMARTS) is 1. The van der Waals surface area contributed by atoms with Crippen LogP contribution in [0.2, 0.25) is 0 Å². The number of nitrogens with zero attached hydrogens (tertiary/aromatic N) is 7. The molecule has 10 nitrogen and oxygen atoms in total. The zero-order valence-electron chi connectivity index (χ0n) is 30.3. The van der Waals surface area contributed by atoms with E-state index in [-0.39, 0.29) is 5.56 Å². The maximum atomic E-state index is 12.2. The number of aryl methyl sites for hydroxylation is 1. The van der Waals surface area contributed by atoms with Crippen molar-refractivity contribution in [1.82, 2.24) is 34.3 Å². The third kappa shape index (κ3) is 5.72. The maximum Gasteiger partial charge on any atom is 0.337 e. The number of tetrazole rings is 1. The number of benzene rings is 5. The molecule has 0 aliphatic rings. The SMILES string of the molecule is CCOc1nc2cccc(C(=O)O)c2n1Cc1ccc(-c2c(-c3nnnn3C(c3ccccc3)(c3ccccc3)c3ccccc3)cc(C)n2CC)cc1. The molecule has 0 aliphatic heterocycles. The van der Waals surface area contributed by atoms with Gasteiger partial charge in [0.05, 0.1) is 35.4 Å². The highest BCUT2D eigenvalue weighted by molar-refractivity contribution is 6.01. The van der Waals surface area contributed by atoms with Crippen molar-refractivity contribution < 1.29 is 14.6 Å². The number of ether oxygens (including phenoxy) is 1. The molecule has 5 aromatic carbocycles. The fourth-order valence-corrected chi connectivity index (χ4v) is 7.73. The number of hydrogen-bond donors (Lipinski definition) is 1. The van der Waals surface area contributed by atoms with Crippen LogP contribution in [0.1, 0.15) is 52.2 Å². The Bertz CT molecular complexity index is 2460. The highest BCUT2D eigenvalue weighted by Gasteiger charge is 2.42. The number of para-hydroxylation sites is 1. The predicted molar refractivity (Wildman–Crippen MR) is 209 cm³/mol. The molecule has 3 heterocycles. The van der Waals surface area contributed by atoms with Gasteiger partial charge in [-0.05, 0) is 77.2 Å². The lowest BCUT2D eigenvalue weighted by atomic mass is 9.77. The molecule has 0 spiro atoms. The molecule has 0 aliphatic carbocycles. The topological polar surface area (TPSA) is 113 Å². The van der Waals surface area contributed by atoms with Crippen molar-refractivity contribution in [3.63, 3.8) is 0 Å². The molecule has 0 saturated carbocycles. The van der Waals surface area contributed by atoms with Gasteiger partial charge in [0.25, 0.3) is 6.01 Å². The molecule has 268 valence electrons. The largest absolute Gasteiger partial charge is 0.478 e. The van der Waals surface area contributed by atoms with Gasteiger partial charge in [0.2, 0.25) is 0 Å². The molecule has 0 saturated heterocycles. The first kappa shape index (κ1) is 34.3. The van der Waals surface area contributed by atoms with Crippen molar-refractivity contribution in [3.8, 4) is 28.7 Å². The number of carboxylic acids is 1. The number of aromatic nitrogens is 7. The van der Waals surface area contributed by atoms with Crippen LogP contribution in [0.4, 0.5) is 0 Å². The van der Waals surface area contributed by atoms with Crippen molar-refractivity contribution in [1.29, 1.82) is 0 Å². The van der Waals surface area contributed by atoms with Gasteiger partial charge < -0.3 is 14.4 Å². The summed E-state index contributed by atoms with van der Waals surface area (Å²) in [7, 11) is 0. The van der Waals surface area contributed by atoms with E-state index < -0.39 is 11.5 Å². The summed E-state index contributed by atoms with van der Waals surface area (Å²) in [4.78, 5) is 16.8. The van der Waals surface area contributed by atoms with E-state index in [0.717, 1.165) is 51.3 Å². The van der Waals surface area contributed by atoms with Gasteiger partial charge in [-0.3, -0.25) is 4.57 Å². The minimum atomic E-state index is -1.01. The fraction of sp³-hybridized carbons (Fsp3) is 0.159. The van der Waals surface area contributed by atoms with E-state index in [1.807, 2.05) is 40.4 Å². The van der Waals surface area contributed by atoms with E-state index in [0.29, 0.717) is 36.0 Å². The van der Waals surface area contributed by atoms with Gasteiger partial charge in [0.15, 0.2) is 5.82 Å². The van der Waals surface area contributed by atoms with Gasteiger partial charge in [-0.25, -0.2) is 9.48 Å². The predicted octanol–water partition coefficient (Wildman–Crippen LogP) is 8.47. The van der Waals surface area contributed by atoms with Crippen molar-refractivity contribution in [2.45, 2.75) is 39.4 Å². The lowest BCUT2D eigenvalue weighted by molar-refractivity contribution is 0.0698. The number of rotatable bonds is 12. The van der Waals surface area contributed by atoms with E-state index >= 15 is 0 Å². The fourth-order valence-electron chi connectivity index (χ4n) is 7.73. The summed E-state index contributed by atoms with van der Waals surface area (Å²) in [6.45, 7) is 7.65. The van der Waals surface area contributed by atoms with Crippen LogP contribution in [0.25, 0.3) is 33.7 Å². The van der Waals surface area contributed by atoms with Gasteiger partial charge in [-0.2, -0.15) is 4.98 Å². The van der Waals surface area contributed by atoms with E-state index in [2.05, 4.69) is 132 Å². The van der Waals surface area contributed by atoms with Gasteiger partial charge in [0, 0.05) is 17.8 Å². The molecule has 0 radical (unpaired) electrons. The summed E-state index contributed by atoms with van der Waals surface area (Å²) in [6.07, 6.45) is 0. The number of imidazole rings is 1. The average Bonchev–Trinajstić information content (AvgIpc) is 3.92. The molecule has 0 bridgehead atoms. The summed E-state index contributed by atoms with van der Waals surface area (Å²) in [6, 6.07) is 47.2. The molecule has 0 amide bonds. The highest BCUT2D eigenvalue weighted by Crippen LogP contribution is 2.44. The van der Waals surface area contributed by atoms with Crippen molar-refractivity contribution in [2.24, 2.45) is 0 Å². The standard InChI is InChI=1S/C44H39N7O3/c1-4-49-30(3)28-37(39(49)32-26-24-31(25-27-32)29-50-40-36(42(52)53)22-15-23-38(40)45-43(50)54-5-2)41-46-47-48-51(41)44(33-16-9-6-10-17-33,34-18-11-7-12-19-34)35-20-13-8-14-21-35/h6-28H,4-5,29H2,1-3H3,(H,52,53). The Labute approximate surface area is 312 Å². The summed E-state index contributed by atoms with van der Waals surface area (Å²) in [5.41, 5.74) is 8.41. The van der Waals surface area contributed by atoms with Crippen LogP contribution >= 0.6 is 0 Å². The summed E-state index contributed by atoms with van der Waals surface area (Å²) in [5, 5.41) is 23.9. The van der Waals surface area contributed by atoms with Crippen LogP contribution in [0.5, 0.6) is 6.01 Å². The van der Waals surface area contributed by atoms with Gasteiger partial charge >= 0.3 is 5.97 Å². The number of carbonyl (C=O) groups is 1. The summed E-state index contributed by atoms with van der Waals surface area (Å²) < 4.78 is 12.0. The van der Waals surface area contributed by atoms with E-state index in [4.69, 9.17) is 15.0 Å². The van der Waals surface area contributed by atoms with Gasteiger partial charge in [-0.1, -0.05) is 121 Å². The van der Waals surface area contributed by atoms with Crippen molar-refractivity contribution in [2.75, 3.05) is 6.61 Å². The van der Waals surface area contributed by atoms with Crippen LogP contribution in [0.3, 0.4) is 0 Å². The lowest BCUT2D eigenvalue weighted by Crippen LogP contribution is -2.39. The second-order valence-electron chi connectivity index (χ2n) is 13.1. The molecule has 8 aromatic rings. The minimum Gasteiger partial charge on any atom is -0.478 e. The number of fused-ring (bicyclic) bond motifs is 1. The molecular formula is C44H39N7O3. The zero-order chi connectivity index (χ0) is 37.2. The molecule has 8 rings (SSSR count). The molecule has 1 N–H and O–H groups in total. The van der Waals surface area contributed by atoms with E-state index in [1.165, 1.54) is 0 Å². The Morgan fingerprint density at radius 3 is 1.93 bits per heavy atom. The number of aromatic carboxylic acids is 1. The normalized spacial score (nSPS) is 11.6. The van der Waals surface area contributed by atoms with E-state index in [9.17, 15) is 9.90 Å². The second kappa shape index (κ2) is 14.3. The molecule has 3 aromatic heterocycles. The van der Waals surface area contributed by atoms with Crippen LogP contribution < -0.4 is 4.74 Å². The van der Waals surface area contributed by atoms with Gasteiger partial charge in [-0.15, -0.1) is 5.10 Å². The minimum absolute atomic E-state index is 0.179. The Morgan fingerprint density at radius 1 is 0.759 bits per heavy atom. The molecule has 0 atom stereocenters. The molecule has 0 fully saturated rings. The Kier molecular flexibility index (Phi) is 9.09. The second-order valence-corrected chi connectivity index (χ2v) is 13.1. The third-order valence-corrected chi connectivity index (χ3v) is 10.0. The zero-order valence-corrected chi connectivity index (χ0v) is 30.3. The molecule has 54 heavy (non-hydrogen) atoms. The maximum absolute atomic E-state index is 12.2. The first-order chi connectivity index (χ1) is 26.4. The molecule has 10 heteroatoms. The van der Waals surface area contributed by atoms with Gasteiger partial charge in [0.1, 0.15) is 5.54 Å². The number of hydrogen-bond acceptors (Lipinski definition) is 6. The quantitative estimate of drug-likeness (QED) is 0.126. The Balaban J connectivity index is 1.28. The lowest BCUT2D eigenvalue weighted by Gasteiger charge is -2.36. The summed E-state index contributed by atoms with van der Waals surface area (Å²) in [5.74, 6) is -0.380. The monoisotopic (exact) mass is 713 g/mol.